The number of carbonyl (C=O) groups excluding carboxylic acids is 1. The van der Waals surface area contributed by atoms with E-state index in [1.165, 1.54) is 12.1 Å². The molecule has 0 aliphatic carbocycles. The molecule has 3 aromatic rings. The smallest absolute Gasteiger partial charge is 0.443 e. The molecule has 0 bridgehead atoms. The molecule has 1 fully saturated rings. The normalized spacial score (nSPS) is 16.9. The molecule has 1 atom stereocenters. The second kappa shape index (κ2) is 9.95. The lowest BCUT2D eigenvalue weighted by molar-refractivity contribution is 0.0567. The Kier molecular flexibility index (Phi) is 7.27. The molecule has 17 heteroatoms. The number of hydrogen-bond acceptors (Lipinski definition) is 11. The number of ether oxygens (including phenoxy) is 1. The van der Waals surface area contributed by atoms with Gasteiger partial charge in [0.2, 0.25) is 5.82 Å². The van der Waals surface area contributed by atoms with Gasteiger partial charge in [-0.1, -0.05) is 16.9 Å². The van der Waals surface area contributed by atoms with E-state index in [0.29, 0.717) is 6.42 Å². The van der Waals surface area contributed by atoms with Gasteiger partial charge < -0.3 is 4.74 Å². The van der Waals surface area contributed by atoms with Gasteiger partial charge in [0.25, 0.3) is 0 Å². The van der Waals surface area contributed by atoms with Crippen LogP contribution in [0.3, 0.4) is 0 Å². The molecule has 0 unspecified atom stereocenters. The Balaban J connectivity index is 1.50. The summed E-state index contributed by atoms with van der Waals surface area (Å²) < 4.78 is 57.7. The van der Waals surface area contributed by atoms with Crippen molar-refractivity contribution in [2.24, 2.45) is 0 Å². The summed E-state index contributed by atoms with van der Waals surface area (Å²) in [5, 5.41) is 11.4. The van der Waals surface area contributed by atoms with Gasteiger partial charge >= 0.3 is 22.1 Å². The molecular weight excluding hydrogens is 587 g/mol. The number of nitrogens with one attached hydrogen (secondary N) is 1. The highest BCUT2D eigenvalue weighted by atomic mass is 79.9. The lowest BCUT2D eigenvalue weighted by atomic mass is 10.2. The lowest BCUT2D eigenvalue weighted by Gasteiger charge is -2.21. The summed E-state index contributed by atoms with van der Waals surface area (Å²) in [6.07, 6.45) is -0.638. The third-order valence-electron chi connectivity index (χ3n) is 4.77. The molecule has 1 N–H and O–H groups in total. The molecular formula is C19H20BrFN6O7S2. The zero-order valence-electron chi connectivity index (χ0n) is 19.1. The first-order valence-electron chi connectivity index (χ1n) is 10.4. The van der Waals surface area contributed by atoms with Crippen LogP contribution in [-0.4, -0.2) is 62.8 Å². The van der Waals surface area contributed by atoms with Gasteiger partial charge in [0.05, 0.1) is 10.2 Å². The van der Waals surface area contributed by atoms with E-state index in [-0.39, 0.29) is 45.0 Å². The van der Waals surface area contributed by atoms with E-state index < -0.39 is 33.5 Å². The van der Waals surface area contributed by atoms with E-state index in [1.807, 2.05) is 4.72 Å². The minimum Gasteiger partial charge on any atom is -0.443 e. The SMILES string of the molecule is CC(C)(C)OC(=O)NS(=O)(=O)N1CC[C@H](Sc2nonc2-c2noc(=O)n2-c2ccc(F)c(Br)c2)C1. The Morgan fingerprint density at radius 1 is 1.31 bits per heavy atom. The molecule has 36 heavy (non-hydrogen) atoms. The maximum absolute atomic E-state index is 13.7. The quantitative estimate of drug-likeness (QED) is 0.438. The van der Waals surface area contributed by atoms with Crippen LogP contribution in [-0.2, 0) is 14.9 Å². The van der Waals surface area contributed by atoms with Crippen molar-refractivity contribution in [1.82, 2.24) is 29.1 Å². The number of nitrogens with zero attached hydrogens (tertiary/aromatic N) is 5. The van der Waals surface area contributed by atoms with E-state index in [9.17, 15) is 22.4 Å². The van der Waals surface area contributed by atoms with Gasteiger partial charge in [-0.15, -0.1) is 0 Å². The van der Waals surface area contributed by atoms with Crippen LogP contribution in [0.2, 0.25) is 0 Å². The number of halogens is 2. The molecule has 1 aliphatic heterocycles. The average Bonchev–Trinajstić information content (AvgIpc) is 3.49. The van der Waals surface area contributed by atoms with Crippen LogP contribution in [0.25, 0.3) is 17.2 Å². The molecule has 0 saturated carbocycles. The Morgan fingerprint density at radius 3 is 2.75 bits per heavy atom. The molecule has 1 aliphatic rings. The second-order valence-corrected chi connectivity index (χ2v) is 12.4. The first-order chi connectivity index (χ1) is 16.8. The molecule has 1 amide bonds. The van der Waals surface area contributed by atoms with Gasteiger partial charge in [-0.2, -0.15) is 12.7 Å². The van der Waals surface area contributed by atoms with Crippen LogP contribution in [0.5, 0.6) is 0 Å². The summed E-state index contributed by atoms with van der Waals surface area (Å²) in [5.41, 5.74) is -0.514. The topological polar surface area (TPSA) is 163 Å². The van der Waals surface area contributed by atoms with E-state index in [4.69, 9.17) is 13.9 Å². The largest absolute Gasteiger partial charge is 0.446 e. The van der Waals surface area contributed by atoms with Gasteiger partial charge in [-0.3, -0.25) is 4.52 Å². The third kappa shape index (κ3) is 5.79. The van der Waals surface area contributed by atoms with Crippen molar-refractivity contribution in [2.75, 3.05) is 13.1 Å². The highest BCUT2D eigenvalue weighted by Crippen LogP contribution is 2.35. The number of amides is 1. The predicted octanol–water partition coefficient (Wildman–Crippen LogP) is 2.71. The Bertz CT molecular complexity index is 1450. The second-order valence-electron chi connectivity index (χ2n) is 8.62. The maximum Gasteiger partial charge on any atom is 0.446 e. The van der Waals surface area contributed by atoms with Crippen LogP contribution in [0, 0.1) is 5.82 Å². The number of rotatable bonds is 6. The molecule has 1 saturated heterocycles. The molecule has 1 aromatic carbocycles. The lowest BCUT2D eigenvalue weighted by Crippen LogP contribution is -2.44. The molecule has 0 radical (unpaired) electrons. The van der Waals surface area contributed by atoms with Gasteiger partial charge in [-0.25, -0.2) is 27.9 Å². The Hall–Kier alpha value is -2.76. The Morgan fingerprint density at radius 2 is 2.06 bits per heavy atom. The van der Waals surface area contributed by atoms with Crippen LogP contribution in [0.1, 0.15) is 27.2 Å². The van der Waals surface area contributed by atoms with Gasteiger partial charge in [0.15, 0.2) is 10.7 Å². The van der Waals surface area contributed by atoms with Crippen molar-refractivity contribution in [3.8, 4) is 17.2 Å². The molecule has 194 valence electrons. The third-order valence-corrected chi connectivity index (χ3v) is 8.03. The van der Waals surface area contributed by atoms with Gasteiger partial charge in [-0.05, 0) is 71.6 Å². The van der Waals surface area contributed by atoms with Crippen molar-refractivity contribution in [3.05, 3.63) is 39.0 Å². The number of thioether (sulfide) groups is 1. The van der Waals surface area contributed by atoms with E-state index in [2.05, 4.69) is 31.4 Å². The summed E-state index contributed by atoms with van der Waals surface area (Å²) in [6.45, 7) is 5.07. The molecule has 0 spiro atoms. The predicted molar refractivity (Wildman–Crippen MR) is 127 cm³/mol. The fourth-order valence-corrected chi connectivity index (χ4v) is 5.96. The molecule has 3 heterocycles. The van der Waals surface area contributed by atoms with Crippen molar-refractivity contribution < 1.29 is 31.5 Å². The van der Waals surface area contributed by atoms with Crippen LogP contribution in [0.4, 0.5) is 9.18 Å². The van der Waals surface area contributed by atoms with Crippen molar-refractivity contribution >= 4 is 44.0 Å². The standard InChI is InChI=1S/C19H20BrFN6O7S2/c1-19(2,3)32-17(28)25-36(30,31)26-7-6-11(9-26)35-16-14(22-34-24-16)15-23-33-18(29)27(15)10-4-5-13(21)12(20)8-10/h4-5,8,11H,6-7,9H2,1-3H3,(H,25,28)/t11-/m0/s1. The highest BCUT2D eigenvalue weighted by Gasteiger charge is 2.35. The van der Waals surface area contributed by atoms with Crippen molar-refractivity contribution in [1.29, 1.82) is 0 Å². The molecule has 13 nitrogen and oxygen atoms in total. The summed E-state index contributed by atoms with van der Waals surface area (Å²) >= 11 is 4.24. The number of carbonyl (C=O) groups is 1. The van der Waals surface area contributed by atoms with Crippen molar-refractivity contribution in [2.45, 2.75) is 43.1 Å². The van der Waals surface area contributed by atoms with E-state index in [1.54, 1.807) is 20.8 Å². The monoisotopic (exact) mass is 606 g/mol. The number of aromatic nitrogens is 4. The fraction of sp³-hybridized carbons (Fsp3) is 0.421. The number of hydrogen-bond donors (Lipinski definition) is 1. The fourth-order valence-electron chi connectivity index (χ4n) is 3.28. The zero-order valence-corrected chi connectivity index (χ0v) is 22.3. The number of benzene rings is 1. The zero-order chi connectivity index (χ0) is 26.3. The van der Waals surface area contributed by atoms with Gasteiger partial charge in [0.1, 0.15) is 11.4 Å². The first kappa shape index (κ1) is 26.3. The summed E-state index contributed by atoms with van der Waals surface area (Å²) in [7, 11) is -4.12. The minimum atomic E-state index is -4.12. The summed E-state index contributed by atoms with van der Waals surface area (Å²) in [4.78, 5) is 24.3. The van der Waals surface area contributed by atoms with Gasteiger partial charge in [0, 0.05) is 18.3 Å². The average molecular weight is 607 g/mol. The highest BCUT2D eigenvalue weighted by molar-refractivity contribution is 9.10. The summed E-state index contributed by atoms with van der Waals surface area (Å²) in [6, 6.07) is 3.90. The molecule has 2 aromatic heterocycles. The van der Waals surface area contributed by atoms with Crippen molar-refractivity contribution in [3.63, 3.8) is 0 Å². The van der Waals surface area contributed by atoms with Crippen LogP contribution in [0.15, 0.2) is 41.6 Å². The maximum atomic E-state index is 13.7. The Labute approximate surface area is 216 Å². The first-order valence-corrected chi connectivity index (χ1v) is 13.5. The van der Waals surface area contributed by atoms with Crippen LogP contribution < -0.4 is 10.5 Å². The minimum absolute atomic E-state index is 0.0312. The summed E-state index contributed by atoms with van der Waals surface area (Å²) in [5.74, 6) is -1.39. The van der Waals surface area contributed by atoms with Crippen LogP contribution >= 0.6 is 27.7 Å². The van der Waals surface area contributed by atoms with E-state index in [0.717, 1.165) is 26.7 Å². The molecule has 4 rings (SSSR count). The van der Waals surface area contributed by atoms with E-state index >= 15 is 0 Å².